The standard InChI is InChI=1S/C17H28BrN5O3/c1-11(2)13(9-19)14(8-12(3)18)26-15-10-22-17(21-5-7-25)23-16(15)20-4-6-24/h8-12,24-25H,4-7,19H2,1-3H3,(H2,20,21,22,23)/b13-9-,14-8+. The molecule has 0 bridgehead atoms. The Labute approximate surface area is 162 Å². The lowest BCUT2D eigenvalue weighted by Crippen LogP contribution is -2.14. The summed E-state index contributed by atoms with van der Waals surface area (Å²) in [5, 5.41) is 23.9. The van der Waals surface area contributed by atoms with Crippen molar-refractivity contribution in [3.8, 4) is 5.75 Å². The largest absolute Gasteiger partial charge is 0.452 e. The lowest BCUT2D eigenvalue weighted by molar-refractivity contribution is 0.310. The van der Waals surface area contributed by atoms with Gasteiger partial charge in [0.2, 0.25) is 5.95 Å². The molecule has 26 heavy (non-hydrogen) atoms. The predicted molar refractivity (Wildman–Crippen MR) is 107 cm³/mol. The fourth-order valence-corrected chi connectivity index (χ4v) is 2.31. The average Bonchev–Trinajstić information content (AvgIpc) is 2.59. The fourth-order valence-electron chi connectivity index (χ4n) is 2.07. The zero-order chi connectivity index (χ0) is 19.5. The molecule has 146 valence electrons. The van der Waals surface area contributed by atoms with Gasteiger partial charge in [0.05, 0.1) is 19.4 Å². The highest BCUT2D eigenvalue weighted by molar-refractivity contribution is 9.09. The molecule has 0 spiro atoms. The Hall–Kier alpha value is -1.84. The van der Waals surface area contributed by atoms with Crippen LogP contribution < -0.4 is 21.1 Å². The third kappa shape index (κ3) is 7.19. The number of nitrogens with two attached hydrogens (primary N) is 1. The van der Waals surface area contributed by atoms with E-state index in [1.165, 1.54) is 12.4 Å². The van der Waals surface area contributed by atoms with Gasteiger partial charge in [0.1, 0.15) is 5.76 Å². The zero-order valence-corrected chi connectivity index (χ0v) is 17.0. The molecule has 6 N–H and O–H groups in total. The lowest BCUT2D eigenvalue weighted by atomic mass is 10.0. The molecule has 0 aliphatic rings. The van der Waals surface area contributed by atoms with Gasteiger partial charge in [-0.2, -0.15) is 4.98 Å². The van der Waals surface area contributed by atoms with Crippen LogP contribution in [0.4, 0.5) is 11.8 Å². The van der Waals surface area contributed by atoms with Crippen molar-refractivity contribution < 1.29 is 14.9 Å². The number of alkyl halides is 1. The topological polar surface area (TPSA) is 126 Å². The molecule has 0 aromatic carbocycles. The lowest BCUT2D eigenvalue weighted by Gasteiger charge is -2.19. The highest BCUT2D eigenvalue weighted by atomic mass is 79.9. The van der Waals surface area contributed by atoms with Gasteiger partial charge in [-0.15, -0.1) is 0 Å². The van der Waals surface area contributed by atoms with Crippen molar-refractivity contribution in [2.75, 3.05) is 36.9 Å². The van der Waals surface area contributed by atoms with Gasteiger partial charge in [-0.1, -0.05) is 29.8 Å². The second kappa shape index (κ2) is 11.7. The summed E-state index contributed by atoms with van der Waals surface area (Å²) in [5.41, 5.74) is 6.64. The second-order valence-corrected chi connectivity index (χ2v) is 7.24. The van der Waals surface area contributed by atoms with E-state index in [1.54, 1.807) is 0 Å². The molecule has 0 saturated carbocycles. The number of nitrogens with zero attached hydrogens (tertiary/aromatic N) is 2. The number of hydrogen-bond acceptors (Lipinski definition) is 8. The van der Waals surface area contributed by atoms with Crippen molar-refractivity contribution >= 4 is 27.7 Å². The Balaban J connectivity index is 3.20. The first-order valence-corrected chi connectivity index (χ1v) is 9.36. The summed E-state index contributed by atoms with van der Waals surface area (Å²) >= 11 is 3.50. The third-order valence-electron chi connectivity index (χ3n) is 3.24. The fraction of sp³-hybridized carbons (Fsp3) is 0.529. The number of rotatable bonds is 11. The van der Waals surface area contributed by atoms with Crippen LogP contribution in [0, 0.1) is 5.92 Å². The molecule has 0 saturated heterocycles. The van der Waals surface area contributed by atoms with Crippen molar-refractivity contribution in [3.63, 3.8) is 0 Å². The first-order valence-electron chi connectivity index (χ1n) is 8.45. The van der Waals surface area contributed by atoms with Crippen LogP contribution in [0.5, 0.6) is 5.75 Å². The summed E-state index contributed by atoms with van der Waals surface area (Å²) in [6, 6.07) is 0. The van der Waals surface area contributed by atoms with Crippen LogP contribution in [0.2, 0.25) is 0 Å². The highest BCUT2D eigenvalue weighted by Crippen LogP contribution is 2.29. The van der Waals surface area contributed by atoms with Gasteiger partial charge in [-0.3, -0.25) is 0 Å². The number of aromatic nitrogens is 2. The van der Waals surface area contributed by atoms with Gasteiger partial charge >= 0.3 is 0 Å². The van der Waals surface area contributed by atoms with Crippen LogP contribution in [0.3, 0.4) is 0 Å². The van der Waals surface area contributed by atoms with Crippen LogP contribution >= 0.6 is 15.9 Å². The predicted octanol–water partition coefficient (Wildman–Crippen LogP) is 1.83. The van der Waals surface area contributed by atoms with Crippen molar-refractivity contribution in [3.05, 3.63) is 29.8 Å². The number of allylic oxidation sites excluding steroid dienone is 2. The molecule has 1 aromatic rings. The first-order chi connectivity index (χ1) is 12.4. The molecule has 0 aliphatic carbocycles. The normalized spacial score (nSPS) is 13.7. The molecule has 1 rings (SSSR count). The Morgan fingerprint density at radius 1 is 1.27 bits per heavy atom. The van der Waals surface area contributed by atoms with E-state index in [2.05, 4.69) is 36.5 Å². The van der Waals surface area contributed by atoms with Gasteiger partial charge < -0.3 is 31.3 Å². The molecule has 1 heterocycles. The third-order valence-corrected chi connectivity index (χ3v) is 3.51. The van der Waals surface area contributed by atoms with Gasteiger partial charge in [-0.25, -0.2) is 4.98 Å². The Morgan fingerprint density at radius 3 is 2.46 bits per heavy atom. The van der Waals surface area contributed by atoms with E-state index in [0.29, 0.717) is 36.4 Å². The zero-order valence-electron chi connectivity index (χ0n) is 15.4. The molecular weight excluding hydrogens is 402 g/mol. The number of hydrogen-bond donors (Lipinski definition) is 5. The summed E-state index contributed by atoms with van der Waals surface area (Å²) in [6.07, 6.45) is 4.98. The summed E-state index contributed by atoms with van der Waals surface area (Å²) in [5.74, 6) is 1.97. The summed E-state index contributed by atoms with van der Waals surface area (Å²) in [4.78, 5) is 8.61. The molecule has 0 fully saturated rings. The summed E-state index contributed by atoms with van der Waals surface area (Å²) in [7, 11) is 0. The average molecular weight is 430 g/mol. The van der Waals surface area contributed by atoms with Crippen LogP contribution in [-0.4, -0.2) is 51.3 Å². The van der Waals surface area contributed by atoms with Crippen LogP contribution in [0.15, 0.2) is 29.8 Å². The van der Waals surface area contributed by atoms with E-state index in [9.17, 15) is 0 Å². The maximum Gasteiger partial charge on any atom is 0.224 e. The summed E-state index contributed by atoms with van der Waals surface area (Å²) < 4.78 is 6.06. The van der Waals surface area contributed by atoms with E-state index in [1.807, 2.05) is 26.8 Å². The van der Waals surface area contributed by atoms with Crippen molar-refractivity contribution in [1.29, 1.82) is 0 Å². The number of anilines is 2. The number of ether oxygens (including phenoxy) is 1. The number of nitrogens with one attached hydrogen (secondary N) is 2. The van der Waals surface area contributed by atoms with Crippen LogP contribution in [0.1, 0.15) is 20.8 Å². The number of halogens is 1. The quantitative estimate of drug-likeness (QED) is 0.205. The molecule has 8 nitrogen and oxygen atoms in total. The molecule has 1 aromatic heterocycles. The van der Waals surface area contributed by atoms with E-state index in [-0.39, 0.29) is 24.0 Å². The minimum absolute atomic E-state index is 0.0317. The van der Waals surface area contributed by atoms with Crippen molar-refractivity contribution in [2.45, 2.75) is 25.6 Å². The van der Waals surface area contributed by atoms with Gasteiger partial charge in [0.25, 0.3) is 0 Å². The minimum atomic E-state index is -0.0517. The van der Waals surface area contributed by atoms with Crippen molar-refractivity contribution in [2.24, 2.45) is 11.7 Å². The maximum absolute atomic E-state index is 9.09. The molecule has 0 aliphatic heterocycles. The second-order valence-electron chi connectivity index (χ2n) is 5.79. The Bertz CT molecular complexity index is 620. The SMILES string of the molecule is CC(Br)/C=C(Oc1cnc(NCCO)nc1NCCO)\C(=C/N)C(C)C. The Kier molecular flexibility index (Phi) is 10.0. The first kappa shape index (κ1) is 22.2. The molecule has 0 amide bonds. The van der Waals surface area contributed by atoms with E-state index in [0.717, 1.165) is 5.57 Å². The summed E-state index contributed by atoms with van der Waals surface area (Å²) in [6.45, 7) is 6.58. The van der Waals surface area contributed by atoms with Gasteiger partial charge in [0.15, 0.2) is 11.6 Å². The van der Waals surface area contributed by atoms with E-state index >= 15 is 0 Å². The molecule has 1 atom stereocenters. The van der Waals surface area contributed by atoms with Gasteiger partial charge in [0, 0.05) is 29.7 Å². The monoisotopic (exact) mass is 429 g/mol. The smallest absolute Gasteiger partial charge is 0.224 e. The van der Waals surface area contributed by atoms with Crippen LogP contribution in [0.25, 0.3) is 0 Å². The van der Waals surface area contributed by atoms with Crippen LogP contribution in [-0.2, 0) is 0 Å². The maximum atomic E-state index is 9.09. The van der Waals surface area contributed by atoms with Gasteiger partial charge in [-0.05, 0) is 18.9 Å². The molecular formula is C17H28BrN5O3. The Morgan fingerprint density at radius 2 is 1.92 bits per heavy atom. The molecule has 0 radical (unpaired) electrons. The molecule has 9 heteroatoms. The number of aliphatic hydroxyl groups excluding tert-OH is 2. The molecule has 1 unspecified atom stereocenters. The highest BCUT2D eigenvalue weighted by Gasteiger charge is 2.16. The minimum Gasteiger partial charge on any atom is -0.452 e. The van der Waals surface area contributed by atoms with E-state index < -0.39 is 0 Å². The number of aliphatic hydroxyl groups is 2. The van der Waals surface area contributed by atoms with Crippen molar-refractivity contribution in [1.82, 2.24) is 9.97 Å². The van der Waals surface area contributed by atoms with E-state index in [4.69, 9.17) is 20.7 Å².